The molecule has 2 heterocycles. The number of carbonyl (C=O) groups is 1. The van der Waals surface area contributed by atoms with Crippen molar-refractivity contribution in [3.8, 4) is 0 Å². The number of nitrogens with one attached hydrogen (secondary N) is 4. The number of rotatable bonds is 3. The number of aryl methyl sites for hydroxylation is 4. The van der Waals surface area contributed by atoms with E-state index in [4.69, 9.17) is 12.2 Å². The Morgan fingerprint density at radius 2 is 1.78 bits per heavy atom. The highest BCUT2D eigenvalue weighted by molar-refractivity contribution is 7.80. The zero-order valence-corrected chi connectivity index (χ0v) is 21.1. The molecule has 4 N–H and O–H groups in total. The van der Waals surface area contributed by atoms with E-state index in [1.807, 2.05) is 64.1 Å². The van der Waals surface area contributed by atoms with E-state index < -0.39 is 24.2 Å². The molecule has 0 bridgehead atoms. The van der Waals surface area contributed by atoms with Crippen LogP contribution in [-0.2, 0) is 0 Å². The number of fused-ring (bicyclic) bond motifs is 1. The van der Waals surface area contributed by atoms with Gasteiger partial charge in [0, 0.05) is 18.2 Å². The molecule has 0 saturated carbocycles. The quantitative estimate of drug-likeness (QED) is 0.275. The summed E-state index contributed by atoms with van der Waals surface area (Å²) in [6.45, 7) is 7.76. The molecule has 0 aliphatic carbocycles. The maximum absolute atomic E-state index is 14.0. The summed E-state index contributed by atoms with van der Waals surface area (Å²) in [5, 5.41) is 10.2. The van der Waals surface area contributed by atoms with E-state index in [1.165, 1.54) is 6.07 Å². The van der Waals surface area contributed by atoms with E-state index in [9.17, 15) is 18.0 Å². The Morgan fingerprint density at radius 1 is 1.03 bits per heavy atom. The fourth-order valence-electron chi connectivity index (χ4n) is 4.17. The van der Waals surface area contributed by atoms with Gasteiger partial charge in [0.25, 0.3) is 5.91 Å². The first-order chi connectivity index (χ1) is 16.9. The number of alkyl halides is 3. The fraction of sp³-hybridized carbons (Fsp3) is 0.320. The number of nitrogens with zero attached hydrogens (tertiary/aromatic N) is 2. The maximum Gasteiger partial charge on any atom is 0.410 e. The lowest BCUT2D eigenvalue weighted by Gasteiger charge is -2.33. The SMILES string of the molecule is Cc1ccc(NC(=S)NNC(=O)c2cc3n(n2)[C@@H](C(F)(F)F)C[C@H](c2ccc(C)c(C)c2)N3)c(C)c1. The van der Waals surface area contributed by atoms with Crippen molar-refractivity contribution in [2.24, 2.45) is 0 Å². The molecule has 1 aliphatic rings. The molecule has 2 aromatic carbocycles. The van der Waals surface area contributed by atoms with Crippen molar-refractivity contribution in [2.45, 2.75) is 52.4 Å². The van der Waals surface area contributed by atoms with Crippen LogP contribution in [-0.4, -0.2) is 27.0 Å². The van der Waals surface area contributed by atoms with E-state index in [0.717, 1.165) is 38.2 Å². The molecule has 1 aromatic heterocycles. The van der Waals surface area contributed by atoms with Crippen molar-refractivity contribution in [1.82, 2.24) is 20.6 Å². The van der Waals surface area contributed by atoms with Gasteiger partial charge < -0.3 is 10.6 Å². The number of anilines is 2. The predicted molar refractivity (Wildman–Crippen MR) is 137 cm³/mol. The van der Waals surface area contributed by atoms with E-state index in [-0.39, 0.29) is 23.0 Å². The molecule has 36 heavy (non-hydrogen) atoms. The summed E-state index contributed by atoms with van der Waals surface area (Å²) < 4.78 is 42.7. The molecule has 1 aliphatic heterocycles. The van der Waals surface area contributed by atoms with Crippen LogP contribution in [0, 0.1) is 27.7 Å². The molecule has 0 spiro atoms. The number of hydrazine groups is 1. The molecule has 4 rings (SSSR count). The number of amides is 1. The second kappa shape index (κ2) is 9.81. The van der Waals surface area contributed by atoms with Crippen LogP contribution < -0.4 is 21.5 Å². The Balaban J connectivity index is 1.49. The van der Waals surface area contributed by atoms with Gasteiger partial charge in [-0.3, -0.25) is 15.6 Å². The second-order valence-electron chi connectivity index (χ2n) is 9.04. The first-order valence-electron chi connectivity index (χ1n) is 11.4. The molecule has 1 amide bonds. The molecule has 0 radical (unpaired) electrons. The van der Waals surface area contributed by atoms with Gasteiger partial charge in [0.1, 0.15) is 5.82 Å². The molecule has 0 fully saturated rings. The van der Waals surface area contributed by atoms with Crippen LogP contribution in [0.25, 0.3) is 0 Å². The van der Waals surface area contributed by atoms with Crippen molar-refractivity contribution in [1.29, 1.82) is 0 Å². The van der Waals surface area contributed by atoms with Gasteiger partial charge in [0.2, 0.25) is 0 Å². The minimum atomic E-state index is -4.54. The molecular weight excluding hydrogens is 489 g/mol. The summed E-state index contributed by atoms with van der Waals surface area (Å²) in [4.78, 5) is 12.7. The van der Waals surface area contributed by atoms with Gasteiger partial charge in [-0.15, -0.1) is 0 Å². The number of aromatic nitrogens is 2. The lowest BCUT2D eigenvalue weighted by molar-refractivity contribution is -0.173. The highest BCUT2D eigenvalue weighted by Gasteiger charge is 2.46. The number of hydrogen-bond donors (Lipinski definition) is 4. The van der Waals surface area contributed by atoms with Gasteiger partial charge >= 0.3 is 6.18 Å². The van der Waals surface area contributed by atoms with Crippen LogP contribution in [0.1, 0.15) is 56.8 Å². The second-order valence-corrected chi connectivity index (χ2v) is 9.45. The summed E-state index contributed by atoms with van der Waals surface area (Å²) in [7, 11) is 0. The molecular formula is C25H27F3N6OS. The topological polar surface area (TPSA) is 83.0 Å². The normalized spacial score (nSPS) is 17.1. The van der Waals surface area contributed by atoms with Gasteiger partial charge in [-0.25, -0.2) is 4.68 Å². The van der Waals surface area contributed by atoms with E-state index >= 15 is 0 Å². The minimum absolute atomic E-state index is 0.118. The zero-order chi connectivity index (χ0) is 26.2. The molecule has 0 unspecified atom stereocenters. The average molecular weight is 517 g/mol. The van der Waals surface area contributed by atoms with Gasteiger partial charge in [-0.2, -0.15) is 18.3 Å². The van der Waals surface area contributed by atoms with Crippen molar-refractivity contribution in [3.63, 3.8) is 0 Å². The Hall–Kier alpha value is -3.60. The molecule has 11 heteroatoms. The highest BCUT2D eigenvalue weighted by atomic mass is 32.1. The number of carbonyl (C=O) groups excluding carboxylic acids is 1. The highest BCUT2D eigenvalue weighted by Crippen LogP contribution is 2.43. The lowest BCUT2D eigenvalue weighted by atomic mass is 9.94. The lowest BCUT2D eigenvalue weighted by Crippen LogP contribution is -2.44. The van der Waals surface area contributed by atoms with E-state index in [1.54, 1.807) is 0 Å². The Kier molecular flexibility index (Phi) is 6.94. The number of thiocarbonyl (C=S) groups is 1. The molecule has 3 aromatic rings. The summed E-state index contributed by atoms with van der Waals surface area (Å²) in [6, 6.07) is 10.2. The fourth-order valence-corrected chi connectivity index (χ4v) is 4.33. The van der Waals surface area contributed by atoms with Crippen LogP contribution in [0.3, 0.4) is 0 Å². The van der Waals surface area contributed by atoms with Crippen LogP contribution in [0.2, 0.25) is 0 Å². The molecule has 0 saturated heterocycles. The number of hydrogen-bond acceptors (Lipinski definition) is 4. The smallest absolute Gasteiger partial charge is 0.363 e. The minimum Gasteiger partial charge on any atom is -0.363 e. The van der Waals surface area contributed by atoms with Crippen molar-refractivity contribution in [3.05, 3.63) is 76.0 Å². The van der Waals surface area contributed by atoms with Crippen molar-refractivity contribution < 1.29 is 18.0 Å². The van der Waals surface area contributed by atoms with E-state index in [0.29, 0.717) is 0 Å². The van der Waals surface area contributed by atoms with Crippen molar-refractivity contribution in [2.75, 3.05) is 10.6 Å². The summed E-state index contributed by atoms with van der Waals surface area (Å²) in [5.41, 5.74) is 10.4. The largest absolute Gasteiger partial charge is 0.410 e. The number of benzene rings is 2. The summed E-state index contributed by atoms with van der Waals surface area (Å²) in [5.74, 6) is -0.597. The van der Waals surface area contributed by atoms with Gasteiger partial charge in [0.05, 0.1) is 6.04 Å². The predicted octanol–water partition coefficient (Wildman–Crippen LogP) is 5.41. The van der Waals surface area contributed by atoms with Gasteiger partial charge in [-0.05, 0) is 68.2 Å². The molecule has 190 valence electrons. The average Bonchev–Trinajstić information content (AvgIpc) is 3.24. The molecule has 7 nitrogen and oxygen atoms in total. The third-order valence-electron chi connectivity index (χ3n) is 6.28. The maximum atomic E-state index is 14.0. The Bertz CT molecular complexity index is 1320. The first-order valence-corrected chi connectivity index (χ1v) is 11.8. The zero-order valence-electron chi connectivity index (χ0n) is 20.2. The monoisotopic (exact) mass is 516 g/mol. The molecule has 2 atom stereocenters. The Morgan fingerprint density at radius 3 is 2.44 bits per heavy atom. The van der Waals surface area contributed by atoms with Crippen LogP contribution in [0.4, 0.5) is 24.7 Å². The van der Waals surface area contributed by atoms with Crippen LogP contribution in [0.5, 0.6) is 0 Å². The Labute approximate surface area is 212 Å². The van der Waals surface area contributed by atoms with Crippen LogP contribution in [0.15, 0.2) is 42.5 Å². The standard InChI is InChI=1S/C25H27F3N6OS/c1-13-5-8-18(16(4)9-13)30-24(36)32-31-23(35)20-12-22-29-19(17-7-6-14(2)15(3)10-17)11-21(25(26,27)28)34(22)33-20/h5-10,12,19,21,29H,11H2,1-4H3,(H,31,35)(H2,30,32,36)/t19-,21-/m1/s1. The van der Waals surface area contributed by atoms with E-state index in [2.05, 4.69) is 26.6 Å². The third kappa shape index (κ3) is 5.46. The first kappa shape index (κ1) is 25.5. The number of halogens is 3. The van der Waals surface area contributed by atoms with Crippen LogP contribution >= 0.6 is 12.2 Å². The van der Waals surface area contributed by atoms with Gasteiger partial charge in [-0.1, -0.05) is 35.9 Å². The van der Waals surface area contributed by atoms with Crippen molar-refractivity contribution >= 4 is 34.7 Å². The summed E-state index contributed by atoms with van der Waals surface area (Å²) >= 11 is 5.22. The van der Waals surface area contributed by atoms with Gasteiger partial charge in [0.15, 0.2) is 16.8 Å². The summed E-state index contributed by atoms with van der Waals surface area (Å²) in [6.07, 6.45) is -4.78. The third-order valence-corrected chi connectivity index (χ3v) is 6.48.